The highest BCUT2D eigenvalue weighted by molar-refractivity contribution is 7.98. The number of thioether (sulfide) groups is 1. The van der Waals surface area contributed by atoms with E-state index >= 15 is 0 Å². The molecule has 2 N–H and O–H groups in total. The third-order valence-electron chi connectivity index (χ3n) is 3.69. The molecule has 1 aromatic heterocycles. The van der Waals surface area contributed by atoms with Crippen LogP contribution in [0.5, 0.6) is 5.88 Å². The van der Waals surface area contributed by atoms with Crippen molar-refractivity contribution in [2.75, 3.05) is 25.2 Å². The summed E-state index contributed by atoms with van der Waals surface area (Å²) in [6.07, 6.45) is 2.21. The summed E-state index contributed by atoms with van der Waals surface area (Å²) in [7, 11) is 0. The SMILES string of the molecule is CCOC(=O)c1c(N)nc(SC)nc1O[C@@H](CC)COCc1ccccc1. The number of anilines is 1. The third-order valence-corrected chi connectivity index (χ3v) is 4.24. The number of nitrogens with zero attached hydrogens (tertiary/aromatic N) is 2. The van der Waals surface area contributed by atoms with Gasteiger partial charge in [0.05, 0.1) is 19.8 Å². The topological polar surface area (TPSA) is 96.6 Å². The van der Waals surface area contributed by atoms with Gasteiger partial charge >= 0.3 is 5.97 Å². The molecule has 8 heteroatoms. The molecule has 2 rings (SSSR count). The van der Waals surface area contributed by atoms with Gasteiger partial charge in [0.25, 0.3) is 0 Å². The van der Waals surface area contributed by atoms with E-state index in [0.29, 0.717) is 24.8 Å². The first-order valence-corrected chi connectivity index (χ1v) is 9.98. The number of ether oxygens (including phenoxy) is 3. The summed E-state index contributed by atoms with van der Waals surface area (Å²) >= 11 is 1.32. The van der Waals surface area contributed by atoms with E-state index < -0.39 is 5.97 Å². The first kappa shape index (κ1) is 21.0. The zero-order valence-electron chi connectivity index (χ0n) is 15.8. The molecule has 1 aromatic carbocycles. The van der Waals surface area contributed by atoms with Crippen LogP contribution in [0.1, 0.15) is 36.2 Å². The predicted octanol–water partition coefficient (Wildman–Crippen LogP) is 3.33. The number of esters is 1. The van der Waals surface area contributed by atoms with Crippen molar-refractivity contribution in [1.82, 2.24) is 9.97 Å². The van der Waals surface area contributed by atoms with Crippen molar-refractivity contribution in [3.8, 4) is 5.88 Å². The van der Waals surface area contributed by atoms with E-state index in [1.165, 1.54) is 11.8 Å². The highest BCUT2D eigenvalue weighted by atomic mass is 32.2. The molecule has 27 heavy (non-hydrogen) atoms. The van der Waals surface area contributed by atoms with Gasteiger partial charge in [-0.3, -0.25) is 0 Å². The number of benzene rings is 1. The average Bonchev–Trinajstić information content (AvgIpc) is 2.67. The van der Waals surface area contributed by atoms with E-state index in [-0.39, 0.29) is 30.0 Å². The fraction of sp³-hybridized carbons (Fsp3) is 0.421. The molecule has 0 saturated heterocycles. The molecular formula is C19H25N3O4S. The standard InChI is InChI=1S/C19H25N3O4S/c1-4-14(12-24-11-13-9-7-6-8-10-13)26-17-15(18(23)25-5-2)16(20)21-19(22-17)27-3/h6-10,14H,4-5,11-12H2,1-3H3,(H2,20,21,22)/t14-/m0/s1. The second kappa shape index (κ2) is 10.7. The zero-order chi connectivity index (χ0) is 19.6. The van der Waals surface area contributed by atoms with Crippen LogP contribution in [0, 0.1) is 0 Å². The minimum absolute atomic E-state index is 0.0443. The van der Waals surface area contributed by atoms with Gasteiger partial charge in [-0.15, -0.1) is 0 Å². The molecule has 1 heterocycles. The molecule has 0 saturated carbocycles. The predicted molar refractivity (Wildman–Crippen MR) is 105 cm³/mol. The molecule has 0 fully saturated rings. The summed E-state index contributed by atoms with van der Waals surface area (Å²) in [5, 5.41) is 0.426. The van der Waals surface area contributed by atoms with Crippen LogP contribution >= 0.6 is 11.8 Å². The smallest absolute Gasteiger partial charge is 0.347 e. The van der Waals surface area contributed by atoms with Gasteiger partial charge in [0.2, 0.25) is 5.88 Å². The van der Waals surface area contributed by atoms with Crippen molar-refractivity contribution in [2.24, 2.45) is 0 Å². The molecular weight excluding hydrogens is 366 g/mol. The van der Waals surface area contributed by atoms with Crippen molar-refractivity contribution < 1.29 is 19.0 Å². The minimum Gasteiger partial charge on any atom is -0.471 e. The first-order valence-electron chi connectivity index (χ1n) is 8.75. The lowest BCUT2D eigenvalue weighted by Crippen LogP contribution is -2.25. The number of aromatic nitrogens is 2. The fourth-order valence-electron chi connectivity index (χ4n) is 2.28. The fourth-order valence-corrected chi connectivity index (χ4v) is 2.65. The highest BCUT2D eigenvalue weighted by Crippen LogP contribution is 2.26. The van der Waals surface area contributed by atoms with Crippen LogP contribution < -0.4 is 10.5 Å². The summed E-state index contributed by atoms with van der Waals surface area (Å²) in [6.45, 7) is 4.75. The van der Waals surface area contributed by atoms with Crippen LogP contribution in [0.15, 0.2) is 35.5 Å². The largest absolute Gasteiger partial charge is 0.471 e. The molecule has 0 aliphatic rings. The Labute approximate surface area is 163 Å². The lowest BCUT2D eigenvalue weighted by Gasteiger charge is -2.19. The number of rotatable bonds is 10. The molecule has 0 aliphatic carbocycles. The molecule has 0 bridgehead atoms. The number of hydrogen-bond donors (Lipinski definition) is 1. The maximum absolute atomic E-state index is 12.3. The molecule has 0 aliphatic heterocycles. The number of hydrogen-bond acceptors (Lipinski definition) is 8. The van der Waals surface area contributed by atoms with Crippen molar-refractivity contribution in [3.63, 3.8) is 0 Å². The number of nitrogens with two attached hydrogens (primary N) is 1. The maximum Gasteiger partial charge on any atom is 0.347 e. The quantitative estimate of drug-likeness (QED) is 0.374. The molecule has 2 aromatic rings. The van der Waals surface area contributed by atoms with Crippen LogP contribution in [-0.2, 0) is 16.1 Å². The van der Waals surface area contributed by atoms with Crippen LogP contribution in [0.25, 0.3) is 0 Å². The Hall–Kier alpha value is -2.32. The highest BCUT2D eigenvalue weighted by Gasteiger charge is 2.24. The van der Waals surface area contributed by atoms with Gasteiger partial charge in [0.1, 0.15) is 11.9 Å². The van der Waals surface area contributed by atoms with Crippen LogP contribution in [0.3, 0.4) is 0 Å². The summed E-state index contributed by atoms with van der Waals surface area (Å²) in [6, 6.07) is 9.88. The van der Waals surface area contributed by atoms with E-state index in [1.54, 1.807) is 6.92 Å². The Balaban J connectivity index is 2.11. The Morgan fingerprint density at radius 1 is 1.22 bits per heavy atom. The van der Waals surface area contributed by atoms with Gasteiger partial charge in [-0.2, -0.15) is 4.98 Å². The van der Waals surface area contributed by atoms with Crippen LogP contribution in [0.2, 0.25) is 0 Å². The van der Waals surface area contributed by atoms with E-state index in [9.17, 15) is 4.79 Å². The van der Waals surface area contributed by atoms with E-state index in [2.05, 4.69) is 9.97 Å². The summed E-state index contributed by atoms with van der Waals surface area (Å²) in [4.78, 5) is 20.7. The minimum atomic E-state index is -0.599. The van der Waals surface area contributed by atoms with Crippen LogP contribution in [-0.4, -0.2) is 41.5 Å². The van der Waals surface area contributed by atoms with Gasteiger partial charge in [-0.1, -0.05) is 49.0 Å². The molecule has 0 spiro atoms. The van der Waals surface area contributed by atoms with Gasteiger partial charge < -0.3 is 19.9 Å². The van der Waals surface area contributed by atoms with Crippen LogP contribution in [0.4, 0.5) is 5.82 Å². The average molecular weight is 391 g/mol. The third kappa shape index (κ3) is 6.11. The number of nitrogen functional groups attached to an aromatic ring is 1. The Morgan fingerprint density at radius 2 is 1.96 bits per heavy atom. The van der Waals surface area contributed by atoms with E-state index in [1.807, 2.05) is 43.5 Å². The van der Waals surface area contributed by atoms with Crippen molar-refractivity contribution in [1.29, 1.82) is 0 Å². The second-order valence-electron chi connectivity index (χ2n) is 5.65. The Morgan fingerprint density at radius 3 is 2.59 bits per heavy atom. The summed E-state index contributed by atoms with van der Waals surface area (Å²) in [5.41, 5.74) is 7.08. The van der Waals surface area contributed by atoms with Crippen molar-refractivity contribution in [2.45, 2.75) is 38.1 Å². The second-order valence-corrected chi connectivity index (χ2v) is 6.42. The van der Waals surface area contributed by atoms with Gasteiger partial charge in [-0.05, 0) is 25.2 Å². The molecule has 0 amide bonds. The Kier molecular flexibility index (Phi) is 8.35. The lowest BCUT2D eigenvalue weighted by molar-refractivity contribution is 0.0343. The summed E-state index contributed by atoms with van der Waals surface area (Å²) < 4.78 is 16.8. The number of carbonyl (C=O) groups is 1. The lowest BCUT2D eigenvalue weighted by atomic mass is 10.2. The normalized spacial score (nSPS) is 11.8. The first-order chi connectivity index (χ1) is 13.1. The van der Waals surface area contributed by atoms with Gasteiger partial charge in [0, 0.05) is 0 Å². The molecule has 1 atom stereocenters. The molecule has 146 valence electrons. The maximum atomic E-state index is 12.3. The number of carbonyl (C=O) groups excluding carboxylic acids is 1. The zero-order valence-corrected chi connectivity index (χ0v) is 16.6. The molecule has 0 radical (unpaired) electrons. The Bertz CT molecular complexity index is 743. The van der Waals surface area contributed by atoms with E-state index in [4.69, 9.17) is 19.9 Å². The molecule has 0 unspecified atom stereocenters. The van der Waals surface area contributed by atoms with E-state index in [0.717, 1.165) is 5.56 Å². The van der Waals surface area contributed by atoms with Gasteiger partial charge in [0.15, 0.2) is 10.7 Å². The monoisotopic (exact) mass is 391 g/mol. The van der Waals surface area contributed by atoms with Crippen molar-refractivity contribution >= 4 is 23.5 Å². The summed E-state index contributed by atoms with van der Waals surface area (Å²) in [5.74, 6) is -0.430. The van der Waals surface area contributed by atoms with Gasteiger partial charge in [-0.25, -0.2) is 9.78 Å². The molecule has 7 nitrogen and oxygen atoms in total. The van der Waals surface area contributed by atoms with Crippen molar-refractivity contribution in [3.05, 3.63) is 41.5 Å².